The molecule has 0 radical (unpaired) electrons. The second kappa shape index (κ2) is 9.30. The van der Waals surface area contributed by atoms with Crippen LogP contribution in [-0.2, 0) is 6.42 Å². The standard InChI is InChI=1S/C18H20BrFN2O/c19-17-8-4-7-15(12-17)16(11-14-5-2-1-3-6-14)13-22-18(23)21-10-9-20/h1-8,12,16H,9-11,13H2,(H2,21,22,23). The van der Waals surface area contributed by atoms with E-state index in [0.29, 0.717) is 6.54 Å². The van der Waals surface area contributed by atoms with Crippen molar-refractivity contribution in [2.75, 3.05) is 19.8 Å². The van der Waals surface area contributed by atoms with E-state index in [4.69, 9.17) is 0 Å². The van der Waals surface area contributed by atoms with E-state index >= 15 is 0 Å². The van der Waals surface area contributed by atoms with Gasteiger partial charge in [-0.15, -0.1) is 0 Å². The highest BCUT2D eigenvalue weighted by Crippen LogP contribution is 2.23. The van der Waals surface area contributed by atoms with Gasteiger partial charge < -0.3 is 10.6 Å². The first-order valence-electron chi connectivity index (χ1n) is 7.56. The number of benzene rings is 2. The average Bonchev–Trinajstić information content (AvgIpc) is 2.57. The van der Waals surface area contributed by atoms with Crippen LogP contribution in [0.4, 0.5) is 9.18 Å². The smallest absolute Gasteiger partial charge is 0.314 e. The molecule has 0 saturated carbocycles. The number of hydrogen-bond donors (Lipinski definition) is 2. The molecule has 1 unspecified atom stereocenters. The first kappa shape index (κ1) is 17.5. The number of urea groups is 1. The molecule has 2 aromatic rings. The Balaban J connectivity index is 2.06. The summed E-state index contributed by atoms with van der Waals surface area (Å²) < 4.78 is 13.1. The fourth-order valence-corrected chi connectivity index (χ4v) is 2.82. The lowest BCUT2D eigenvalue weighted by molar-refractivity contribution is 0.239. The van der Waals surface area contributed by atoms with E-state index in [2.05, 4.69) is 50.8 Å². The summed E-state index contributed by atoms with van der Waals surface area (Å²) in [6.45, 7) is -0.0396. The lowest BCUT2D eigenvalue weighted by Crippen LogP contribution is -2.39. The van der Waals surface area contributed by atoms with E-state index in [1.54, 1.807) is 0 Å². The summed E-state index contributed by atoms with van der Waals surface area (Å²) in [6, 6.07) is 17.9. The minimum atomic E-state index is -0.563. The van der Waals surface area contributed by atoms with Crippen molar-refractivity contribution in [2.24, 2.45) is 0 Å². The fraction of sp³-hybridized carbons (Fsp3) is 0.278. The van der Waals surface area contributed by atoms with Crippen LogP contribution in [0.5, 0.6) is 0 Å². The molecule has 0 aliphatic heterocycles. The SMILES string of the molecule is O=C(NCCF)NCC(Cc1ccccc1)c1cccc(Br)c1. The van der Waals surface area contributed by atoms with Crippen LogP contribution < -0.4 is 10.6 Å². The predicted molar refractivity (Wildman–Crippen MR) is 94.4 cm³/mol. The Morgan fingerprint density at radius 2 is 1.87 bits per heavy atom. The number of nitrogens with one attached hydrogen (secondary N) is 2. The summed E-state index contributed by atoms with van der Waals surface area (Å²) in [7, 11) is 0. The zero-order chi connectivity index (χ0) is 16.5. The largest absolute Gasteiger partial charge is 0.338 e. The van der Waals surface area contributed by atoms with Crippen molar-refractivity contribution in [3.8, 4) is 0 Å². The Hall–Kier alpha value is -1.88. The van der Waals surface area contributed by atoms with E-state index in [9.17, 15) is 9.18 Å². The second-order valence-electron chi connectivity index (χ2n) is 5.27. The fourth-order valence-electron chi connectivity index (χ4n) is 2.41. The van der Waals surface area contributed by atoms with Gasteiger partial charge in [0.1, 0.15) is 6.67 Å². The Bertz CT molecular complexity index is 621. The predicted octanol–water partition coefficient (Wildman–Crippen LogP) is 4.04. The van der Waals surface area contributed by atoms with Crippen molar-refractivity contribution < 1.29 is 9.18 Å². The number of carbonyl (C=O) groups is 1. The molecule has 0 heterocycles. The van der Waals surface area contributed by atoms with Gasteiger partial charge >= 0.3 is 6.03 Å². The van der Waals surface area contributed by atoms with E-state index < -0.39 is 6.67 Å². The molecular weight excluding hydrogens is 359 g/mol. The molecule has 5 heteroatoms. The maximum atomic E-state index is 12.1. The molecule has 2 amide bonds. The summed E-state index contributed by atoms with van der Waals surface area (Å²) in [4.78, 5) is 11.7. The van der Waals surface area contributed by atoms with Crippen LogP contribution in [-0.4, -0.2) is 25.8 Å². The molecule has 23 heavy (non-hydrogen) atoms. The van der Waals surface area contributed by atoms with Gasteiger partial charge in [0, 0.05) is 23.5 Å². The van der Waals surface area contributed by atoms with Gasteiger partial charge in [-0.25, -0.2) is 9.18 Å². The van der Waals surface area contributed by atoms with Crippen molar-refractivity contribution in [3.05, 3.63) is 70.2 Å². The summed E-state index contributed by atoms with van der Waals surface area (Å²) in [5.74, 6) is 0.144. The molecule has 3 nitrogen and oxygen atoms in total. The van der Waals surface area contributed by atoms with Crippen molar-refractivity contribution in [1.29, 1.82) is 0 Å². The Labute approximate surface area is 144 Å². The Morgan fingerprint density at radius 3 is 2.57 bits per heavy atom. The summed E-state index contributed by atoms with van der Waals surface area (Å²) in [5.41, 5.74) is 2.36. The molecule has 0 saturated heterocycles. The molecule has 122 valence electrons. The molecule has 0 bridgehead atoms. The highest BCUT2D eigenvalue weighted by atomic mass is 79.9. The lowest BCUT2D eigenvalue weighted by atomic mass is 9.92. The molecule has 2 rings (SSSR count). The molecule has 0 aliphatic carbocycles. The van der Waals surface area contributed by atoms with Gasteiger partial charge in [0.05, 0.1) is 0 Å². The average molecular weight is 379 g/mol. The molecule has 1 atom stereocenters. The van der Waals surface area contributed by atoms with Crippen LogP contribution in [0.25, 0.3) is 0 Å². The van der Waals surface area contributed by atoms with E-state index in [1.807, 2.05) is 30.3 Å². The quantitative estimate of drug-likeness (QED) is 0.749. The third kappa shape index (κ3) is 6.02. The van der Waals surface area contributed by atoms with Crippen molar-refractivity contribution >= 4 is 22.0 Å². The summed E-state index contributed by atoms with van der Waals surface area (Å²) >= 11 is 3.49. The van der Waals surface area contributed by atoms with Crippen LogP contribution in [0.15, 0.2) is 59.1 Å². The first-order valence-corrected chi connectivity index (χ1v) is 8.35. The van der Waals surface area contributed by atoms with Gasteiger partial charge in [0.2, 0.25) is 0 Å². The topological polar surface area (TPSA) is 41.1 Å². The number of alkyl halides is 1. The molecule has 2 aromatic carbocycles. The normalized spacial score (nSPS) is 11.7. The van der Waals surface area contributed by atoms with Crippen molar-refractivity contribution in [3.63, 3.8) is 0 Å². The van der Waals surface area contributed by atoms with Gasteiger partial charge in [-0.05, 0) is 29.7 Å². The zero-order valence-electron chi connectivity index (χ0n) is 12.8. The third-order valence-electron chi connectivity index (χ3n) is 3.53. The number of amides is 2. The second-order valence-corrected chi connectivity index (χ2v) is 6.18. The number of rotatable bonds is 7. The van der Waals surface area contributed by atoms with E-state index in [-0.39, 0.29) is 18.5 Å². The Kier molecular flexibility index (Phi) is 7.07. The van der Waals surface area contributed by atoms with Crippen LogP contribution in [0.1, 0.15) is 17.0 Å². The van der Waals surface area contributed by atoms with Gasteiger partial charge in [-0.3, -0.25) is 0 Å². The number of carbonyl (C=O) groups excluding carboxylic acids is 1. The third-order valence-corrected chi connectivity index (χ3v) is 4.03. The van der Waals surface area contributed by atoms with Gasteiger partial charge in [-0.1, -0.05) is 58.4 Å². The van der Waals surface area contributed by atoms with Crippen molar-refractivity contribution in [2.45, 2.75) is 12.3 Å². The summed E-state index contributed by atoms with van der Waals surface area (Å²) in [6.07, 6.45) is 0.820. The maximum absolute atomic E-state index is 12.1. The Morgan fingerprint density at radius 1 is 1.09 bits per heavy atom. The summed E-state index contributed by atoms with van der Waals surface area (Å²) in [5, 5.41) is 5.30. The van der Waals surface area contributed by atoms with Crippen molar-refractivity contribution in [1.82, 2.24) is 10.6 Å². The van der Waals surface area contributed by atoms with Gasteiger partial charge in [0.15, 0.2) is 0 Å². The van der Waals surface area contributed by atoms with E-state index in [0.717, 1.165) is 16.5 Å². The van der Waals surface area contributed by atoms with Gasteiger partial charge in [0.25, 0.3) is 0 Å². The number of halogens is 2. The minimum absolute atomic E-state index is 0.0338. The monoisotopic (exact) mass is 378 g/mol. The van der Waals surface area contributed by atoms with Crippen LogP contribution >= 0.6 is 15.9 Å². The van der Waals surface area contributed by atoms with Crippen LogP contribution in [0.2, 0.25) is 0 Å². The molecule has 0 spiro atoms. The van der Waals surface area contributed by atoms with Crippen LogP contribution in [0, 0.1) is 0 Å². The first-order chi connectivity index (χ1) is 11.2. The van der Waals surface area contributed by atoms with Crippen LogP contribution in [0.3, 0.4) is 0 Å². The molecule has 0 aliphatic rings. The molecule has 0 aromatic heterocycles. The van der Waals surface area contributed by atoms with Gasteiger partial charge in [-0.2, -0.15) is 0 Å². The number of hydrogen-bond acceptors (Lipinski definition) is 1. The zero-order valence-corrected chi connectivity index (χ0v) is 14.4. The highest BCUT2D eigenvalue weighted by molar-refractivity contribution is 9.10. The maximum Gasteiger partial charge on any atom is 0.314 e. The highest BCUT2D eigenvalue weighted by Gasteiger charge is 2.14. The minimum Gasteiger partial charge on any atom is -0.338 e. The lowest BCUT2D eigenvalue weighted by Gasteiger charge is -2.19. The molecule has 0 fully saturated rings. The van der Waals surface area contributed by atoms with E-state index in [1.165, 1.54) is 5.56 Å². The molecule has 2 N–H and O–H groups in total. The molecular formula is C18H20BrFN2O.